The molecule has 0 bridgehead atoms. The van der Waals surface area contributed by atoms with Gasteiger partial charge in [-0.15, -0.1) is 22.7 Å². The largest absolute Gasteiger partial charge is 0.390 e. The molecule has 1 atom stereocenters. The Morgan fingerprint density at radius 2 is 2.25 bits per heavy atom. The lowest BCUT2D eigenvalue weighted by molar-refractivity contribution is 0.276. The van der Waals surface area contributed by atoms with Crippen LogP contribution in [0.25, 0.3) is 4.96 Å². The average Bonchev–Trinajstić information content (AvgIpc) is 3.13. The summed E-state index contributed by atoms with van der Waals surface area (Å²) in [5.74, 6) is 0.878. The van der Waals surface area contributed by atoms with Gasteiger partial charge in [-0.3, -0.25) is 4.40 Å². The van der Waals surface area contributed by atoms with Gasteiger partial charge in [0.15, 0.2) is 10.8 Å². The van der Waals surface area contributed by atoms with Crippen molar-refractivity contribution in [1.29, 1.82) is 0 Å². The highest BCUT2D eigenvalue weighted by Crippen LogP contribution is 2.26. The van der Waals surface area contributed by atoms with Crippen LogP contribution in [0.1, 0.15) is 17.5 Å². The molecule has 0 saturated heterocycles. The van der Waals surface area contributed by atoms with Crippen LogP contribution in [0.3, 0.4) is 0 Å². The summed E-state index contributed by atoms with van der Waals surface area (Å²) in [6.07, 6.45) is 2.95. The van der Waals surface area contributed by atoms with E-state index >= 15 is 0 Å². The molecule has 106 valence electrons. The number of rotatable bonds is 5. The first-order valence-electron chi connectivity index (χ1n) is 6.51. The molecule has 0 aromatic carbocycles. The summed E-state index contributed by atoms with van der Waals surface area (Å²) in [4.78, 5) is 9.10. The number of hydrogen-bond acceptors (Lipinski definition) is 5. The van der Waals surface area contributed by atoms with E-state index in [9.17, 15) is 5.11 Å². The van der Waals surface area contributed by atoms with Gasteiger partial charge in [-0.1, -0.05) is 6.07 Å². The molecule has 0 spiro atoms. The van der Waals surface area contributed by atoms with Crippen LogP contribution in [0.15, 0.2) is 29.1 Å². The molecule has 0 aliphatic carbocycles. The van der Waals surface area contributed by atoms with Crippen LogP contribution in [-0.4, -0.2) is 27.6 Å². The molecule has 6 heteroatoms. The topological polar surface area (TPSA) is 40.8 Å². The second kappa shape index (κ2) is 5.55. The van der Waals surface area contributed by atoms with Gasteiger partial charge in [-0.05, 0) is 18.4 Å². The molecule has 0 radical (unpaired) electrons. The van der Waals surface area contributed by atoms with Crippen molar-refractivity contribution in [3.05, 3.63) is 39.7 Å². The first kappa shape index (κ1) is 13.6. The Kier molecular flexibility index (Phi) is 3.78. The van der Waals surface area contributed by atoms with Crippen LogP contribution in [-0.2, 0) is 13.0 Å². The molecule has 0 aliphatic heterocycles. The first-order valence-corrected chi connectivity index (χ1v) is 8.27. The van der Waals surface area contributed by atoms with Gasteiger partial charge in [-0.2, -0.15) is 0 Å². The second-order valence-corrected chi connectivity index (χ2v) is 6.74. The number of likely N-dealkylation sites (N-methyl/N-ethyl adjacent to an activating group) is 1. The molecule has 0 fully saturated rings. The lowest BCUT2D eigenvalue weighted by atomic mass is 10.2. The molecule has 4 nitrogen and oxygen atoms in total. The molecule has 3 heterocycles. The fraction of sp³-hybridized carbons (Fsp3) is 0.357. The average molecular weight is 307 g/mol. The van der Waals surface area contributed by atoms with Gasteiger partial charge in [0.25, 0.3) is 0 Å². The number of anilines is 1. The Morgan fingerprint density at radius 1 is 1.40 bits per heavy atom. The van der Waals surface area contributed by atoms with Gasteiger partial charge in [0, 0.05) is 36.0 Å². The summed E-state index contributed by atoms with van der Waals surface area (Å²) >= 11 is 3.37. The minimum absolute atomic E-state index is 0.00327. The van der Waals surface area contributed by atoms with Crippen molar-refractivity contribution in [2.45, 2.75) is 26.0 Å². The lowest BCUT2D eigenvalue weighted by Gasteiger charge is -2.25. The van der Waals surface area contributed by atoms with Gasteiger partial charge in [-0.25, -0.2) is 4.98 Å². The molecule has 3 rings (SSSR count). The quantitative estimate of drug-likeness (QED) is 0.788. The predicted molar refractivity (Wildman–Crippen MR) is 84.9 cm³/mol. The van der Waals surface area contributed by atoms with Crippen LogP contribution < -0.4 is 4.90 Å². The van der Waals surface area contributed by atoms with Crippen molar-refractivity contribution in [2.75, 3.05) is 11.9 Å². The summed E-state index contributed by atoms with van der Waals surface area (Å²) in [6, 6.07) is 4.58. The normalized spacial score (nSPS) is 12.9. The fourth-order valence-electron chi connectivity index (χ4n) is 2.32. The van der Waals surface area contributed by atoms with E-state index in [2.05, 4.69) is 34.3 Å². The van der Waals surface area contributed by atoms with E-state index in [0.29, 0.717) is 6.04 Å². The zero-order chi connectivity index (χ0) is 14.1. The summed E-state index contributed by atoms with van der Waals surface area (Å²) in [6.45, 7) is 2.19. The molecule has 3 aromatic heterocycles. The van der Waals surface area contributed by atoms with E-state index in [1.54, 1.807) is 22.7 Å². The third-order valence-corrected chi connectivity index (χ3v) is 5.22. The number of fused-ring (bicyclic) bond motifs is 1. The number of aliphatic hydroxyl groups is 1. The molecule has 3 aromatic rings. The standard InChI is InChI=1S/C14H17N3OS2/c1-10(8-11-4-3-6-19-11)16(2)13-12(9-18)17-5-7-20-14(17)15-13/h3-7,10,18H,8-9H2,1-2H3. The van der Waals surface area contributed by atoms with Crippen molar-refractivity contribution in [3.63, 3.8) is 0 Å². The van der Waals surface area contributed by atoms with E-state index in [-0.39, 0.29) is 6.61 Å². The molecular weight excluding hydrogens is 290 g/mol. The smallest absolute Gasteiger partial charge is 0.195 e. The minimum atomic E-state index is 0.00327. The summed E-state index contributed by atoms with van der Waals surface area (Å²) < 4.78 is 1.97. The van der Waals surface area contributed by atoms with Gasteiger partial charge < -0.3 is 10.0 Å². The van der Waals surface area contributed by atoms with Crippen molar-refractivity contribution in [2.24, 2.45) is 0 Å². The number of aliphatic hydroxyl groups excluding tert-OH is 1. The number of thiazole rings is 1. The van der Waals surface area contributed by atoms with Gasteiger partial charge >= 0.3 is 0 Å². The van der Waals surface area contributed by atoms with Crippen molar-refractivity contribution in [3.8, 4) is 0 Å². The highest BCUT2D eigenvalue weighted by atomic mass is 32.1. The van der Waals surface area contributed by atoms with Crippen LogP contribution in [0.2, 0.25) is 0 Å². The Morgan fingerprint density at radius 3 is 2.95 bits per heavy atom. The van der Waals surface area contributed by atoms with Crippen molar-refractivity contribution < 1.29 is 5.11 Å². The van der Waals surface area contributed by atoms with Crippen molar-refractivity contribution >= 4 is 33.5 Å². The summed E-state index contributed by atoms with van der Waals surface area (Å²) in [5, 5.41) is 13.7. The fourth-order valence-corrected chi connectivity index (χ4v) is 3.87. The third-order valence-electron chi connectivity index (χ3n) is 3.56. The Bertz CT molecular complexity index is 686. The van der Waals surface area contributed by atoms with Gasteiger partial charge in [0.2, 0.25) is 0 Å². The molecule has 0 saturated carbocycles. The number of aromatic nitrogens is 2. The number of nitrogens with zero attached hydrogens (tertiary/aromatic N) is 3. The lowest BCUT2D eigenvalue weighted by Crippen LogP contribution is -2.31. The van der Waals surface area contributed by atoms with Crippen LogP contribution in [0, 0.1) is 0 Å². The van der Waals surface area contributed by atoms with E-state index in [0.717, 1.165) is 22.9 Å². The SMILES string of the molecule is CC(Cc1cccs1)N(C)c1nc2sccn2c1CO. The number of hydrogen-bond donors (Lipinski definition) is 1. The number of imidazole rings is 1. The molecule has 1 unspecified atom stereocenters. The van der Waals surface area contributed by atoms with Gasteiger partial charge in [0.1, 0.15) is 0 Å². The maximum absolute atomic E-state index is 9.63. The predicted octanol–water partition coefficient (Wildman–Crippen LogP) is 3.02. The Hall–Kier alpha value is -1.37. The zero-order valence-electron chi connectivity index (χ0n) is 11.5. The first-order chi connectivity index (χ1) is 9.70. The monoisotopic (exact) mass is 307 g/mol. The highest BCUT2D eigenvalue weighted by molar-refractivity contribution is 7.15. The van der Waals surface area contributed by atoms with Gasteiger partial charge in [0.05, 0.1) is 12.3 Å². The van der Waals surface area contributed by atoms with E-state index in [1.165, 1.54) is 4.88 Å². The van der Waals surface area contributed by atoms with Crippen molar-refractivity contribution in [1.82, 2.24) is 9.38 Å². The Labute approximate surface area is 125 Å². The number of thiophene rings is 1. The van der Waals surface area contributed by atoms with E-state index in [4.69, 9.17) is 0 Å². The molecule has 0 aliphatic rings. The second-order valence-electron chi connectivity index (χ2n) is 4.84. The highest BCUT2D eigenvalue weighted by Gasteiger charge is 2.20. The molecular formula is C14H17N3OS2. The van der Waals surface area contributed by atoms with E-state index in [1.807, 2.05) is 23.0 Å². The summed E-state index contributed by atoms with van der Waals surface area (Å²) in [7, 11) is 2.05. The molecule has 0 amide bonds. The van der Waals surface area contributed by atoms with E-state index < -0.39 is 0 Å². The zero-order valence-corrected chi connectivity index (χ0v) is 13.1. The third kappa shape index (κ3) is 2.34. The van der Waals surface area contributed by atoms with Crippen LogP contribution in [0.5, 0.6) is 0 Å². The minimum Gasteiger partial charge on any atom is -0.390 e. The van der Waals surface area contributed by atoms with Crippen LogP contribution >= 0.6 is 22.7 Å². The Balaban J connectivity index is 1.87. The molecule has 20 heavy (non-hydrogen) atoms. The maximum Gasteiger partial charge on any atom is 0.195 e. The van der Waals surface area contributed by atoms with Crippen LogP contribution in [0.4, 0.5) is 5.82 Å². The molecule has 1 N–H and O–H groups in total. The maximum atomic E-state index is 9.63. The summed E-state index contributed by atoms with van der Waals surface area (Å²) in [5.41, 5.74) is 0.863.